The fraction of sp³-hybridized carbons (Fsp3) is 0.462. The molecule has 0 aliphatic carbocycles. The third-order valence-corrected chi connectivity index (χ3v) is 4.18. The highest BCUT2D eigenvalue weighted by molar-refractivity contribution is 7.16. The predicted octanol–water partition coefficient (Wildman–Crippen LogP) is 0.811. The largest absolute Gasteiger partial charge is 0.396 e. The summed E-state index contributed by atoms with van der Waals surface area (Å²) < 4.78 is 1.38. The Morgan fingerprint density at radius 2 is 2.25 bits per heavy atom. The van der Waals surface area contributed by atoms with Crippen LogP contribution in [0.1, 0.15) is 29.1 Å². The first-order valence-electron chi connectivity index (χ1n) is 6.33. The minimum Gasteiger partial charge on any atom is -0.396 e. The minimum atomic E-state index is -0.464. The van der Waals surface area contributed by atoms with Crippen molar-refractivity contribution in [1.82, 2.24) is 14.7 Å². The highest BCUT2D eigenvalue weighted by atomic mass is 32.1. The van der Waals surface area contributed by atoms with E-state index in [1.807, 2.05) is 13.8 Å². The molecule has 0 spiro atoms. The van der Waals surface area contributed by atoms with Crippen molar-refractivity contribution in [3.63, 3.8) is 0 Å². The zero-order chi connectivity index (χ0) is 14.9. The SMILES string of the molecule is Cc1cn2c(=O)c(C(=O)NC(C)C(C)CO)cnc2s1. The van der Waals surface area contributed by atoms with Gasteiger partial charge in [0.2, 0.25) is 0 Å². The van der Waals surface area contributed by atoms with Gasteiger partial charge in [-0.05, 0) is 19.8 Å². The number of amides is 1. The summed E-state index contributed by atoms with van der Waals surface area (Å²) in [6, 6.07) is -0.225. The van der Waals surface area contributed by atoms with Gasteiger partial charge in [0.15, 0.2) is 4.96 Å². The number of carbonyl (C=O) groups is 1. The number of rotatable bonds is 4. The predicted molar refractivity (Wildman–Crippen MR) is 77.3 cm³/mol. The molecule has 1 amide bonds. The van der Waals surface area contributed by atoms with Gasteiger partial charge in [-0.25, -0.2) is 4.98 Å². The number of hydrogen-bond acceptors (Lipinski definition) is 5. The van der Waals surface area contributed by atoms with Crippen LogP contribution in [0.3, 0.4) is 0 Å². The molecular formula is C13H17N3O3S. The van der Waals surface area contributed by atoms with Crippen molar-refractivity contribution in [2.45, 2.75) is 26.8 Å². The number of thiazole rings is 1. The van der Waals surface area contributed by atoms with Crippen LogP contribution in [0.4, 0.5) is 0 Å². The van der Waals surface area contributed by atoms with Gasteiger partial charge in [-0.1, -0.05) is 6.92 Å². The molecule has 0 saturated carbocycles. The van der Waals surface area contributed by atoms with Crippen LogP contribution in [0, 0.1) is 12.8 Å². The Morgan fingerprint density at radius 3 is 2.90 bits per heavy atom. The lowest BCUT2D eigenvalue weighted by atomic mass is 10.1. The molecule has 2 rings (SSSR count). The van der Waals surface area contributed by atoms with Gasteiger partial charge in [0.1, 0.15) is 5.56 Å². The molecule has 0 aliphatic rings. The third-order valence-electron chi connectivity index (χ3n) is 3.27. The fourth-order valence-electron chi connectivity index (χ4n) is 1.74. The Hall–Kier alpha value is -1.73. The molecule has 108 valence electrons. The van der Waals surface area contributed by atoms with Crippen molar-refractivity contribution >= 4 is 22.2 Å². The van der Waals surface area contributed by atoms with Crippen LogP contribution in [-0.2, 0) is 0 Å². The monoisotopic (exact) mass is 295 g/mol. The van der Waals surface area contributed by atoms with Crippen LogP contribution in [0.5, 0.6) is 0 Å². The van der Waals surface area contributed by atoms with E-state index in [-0.39, 0.29) is 29.7 Å². The normalized spacial score (nSPS) is 14.2. The zero-order valence-electron chi connectivity index (χ0n) is 11.6. The Bertz CT molecular complexity index is 692. The van der Waals surface area contributed by atoms with Gasteiger partial charge in [0, 0.05) is 29.9 Å². The van der Waals surface area contributed by atoms with Crippen LogP contribution in [0.25, 0.3) is 4.96 Å². The van der Waals surface area contributed by atoms with Gasteiger partial charge in [-0.3, -0.25) is 14.0 Å². The lowest BCUT2D eigenvalue weighted by Gasteiger charge is -2.18. The molecule has 0 bridgehead atoms. The molecular weight excluding hydrogens is 278 g/mol. The van der Waals surface area contributed by atoms with Gasteiger partial charge in [-0.15, -0.1) is 11.3 Å². The van der Waals surface area contributed by atoms with E-state index in [2.05, 4.69) is 10.3 Å². The number of hydrogen-bond donors (Lipinski definition) is 2. The molecule has 2 atom stereocenters. The summed E-state index contributed by atoms with van der Waals surface area (Å²) >= 11 is 1.40. The van der Waals surface area contributed by atoms with Crippen molar-refractivity contribution in [3.05, 3.63) is 33.2 Å². The summed E-state index contributed by atoms with van der Waals surface area (Å²) in [6.07, 6.45) is 2.98. The third kappa shape index (κ3) is 2.73. The van der Waals surface area contributed by atoms with Crippen molar-refractivity contribution in [2.75, 3.05) is 6.61 Å². The first-order chi connectivity index (χ1) is 9.43. The van der Waals surface area contributed by atoms with Gasteiger partial charge in [0.05, 0.1) is 0 Å². The second kappa shape index (κ2) is 5.72. The van der Waals surface area contributed by atoms with E-state index in [9.17, 15) is 9.59 Å². The molecule has 0 saturated heterocycles. The minimum absolute atomic E-state index is 0.0114. The Balaban J connectivity index is 2.31. The number of nitrogens with one attached hydrogen (secondary N) is 1. The molecule has 20 heavy (non-hydrogen) atoms. The topological polar surface area (TPSA) is 83.7 Å². The van der Waals surface area contributed by atoms with Crippen molar-refractivity contribution in [2.24, 2.45) is 5.92 Å². The Labute approximate surface area is 120 Å². The molecule has 0 aromatic carbocycles. The van der Waals surface area contributed by atoms with Gasteiger partial charge >= 0.3 is 0 Å². The maximum atomic E-state index is 12.2. The standard InChI is InChI=1S/C13H17N3O3S/c1-7(6-17)9(3)15-11(18)10-4-14-13-16(12(10)19)5-8(2)20-13/h4-5,7,9,17H,6H2,1-3H3,(H,15,18). The summed E-state index contributed by atoms with van der Waals surface area (Å²) in [5, 5.41) is 11.8. The maximum Gasteiger partial charge on any atom is 0.271 e. The van der Waals surface area contributed by atoms with Gasteiger partial charge in [-0.2, -0.15) is 0 Å². The summed E-state index contributed by atoms with van der Waals surface area (Å²) in [5.41, 5.74) is -0.363. The van der Waals surface area contributed by atoms with Crippen LogP contribution in [0.2, 0.25) is 0 Å². The summed E-state index contributed by atoms with van der Waals surface area (Å²) in [5.74, 6) is -0.546. The first-order valence-corrected chi connectivity index (χ1v) is 7.15. The molecule has 2 unspecified atom stereocenters. The Kier molecular flexibility index (Phi) is 4.20. The smallest absolute Gasteiger partial charge is 0.271 e. The summed E-state index contributed by atoms with van der Waals surface area (Å²) in [7, 11) is 0. The van der Waals surface area contributed by atoms with E-state index in [1.165, 1.54) is 21.9 Å². The molecule has 0 radical (unpaired) electrons. The highest BCUT2D eigenvalue weighted by Gasteiger charge is 2.19. The number of aliphatic hydroxyl groups excluding tert-OH is 1. The molecule has 0 fully saturated rings. The number of fused-ring (bicyclic) bond motifs is 1. The van der Waals surface area contributed by atoms with E-state index in [1.54, 1.807) is 13.1 Å². The van der Waals surface area contributed by atoms with Crippen molar-refractivity contribution in [1.29, 1.82) is 0 Å². The second-order valence-corrected chi connectivity index (χ2v) is 6.11. The van der Waals surface area contributed by atoms with E-state index in [0.717, 1.165) is 4.88 Å². The highest BCUT2D eigenvalue weighted by Crippen LogP contribution is 2.12. The molecule has 2 aromatic heterocycles. The van der Waals surface area contributed by atoms with E-state index >= 15 is 0 Å². The number of nitrogens with zero attached hydrogens (tertiary/aromatic N) is 2. The van der Waals surface area contributed by atoms with Crippen molar-refractivity contribution < 1.29 is 9.90 Å². The quantitative estimate of drug-likeness (QED) is 0.874. The van der Waals surface area contributed by atoms with Gasteiger partial charge < -0.3 is 10.4 Å². The van der Waals surface area contributed by atoms with Gasteiger partial charge in [0.25, 0.3) is 11.5 Å². The second-order valence-electron chi connectivity index (χ2n) is 4.89. The Morgan fingerprint density at radius 1 is 1.55 bits per heavy atom. The molecule has 7 heteroatoms. The van der Waals surface area contributed by atoms with E-state index in [0.29, 0.717) is 4.96 Å². The number of aliphatic hydroxyl groups is 1. The average molecular weight is 295 g/mol. The molecule has 2 N–H and O–H groups in total. The number of carbonyl (C=O) groups excluding carboxylic acids is 1. The summed E-state index contributed by atoms with van der Waals surface area (Å²) in [4.78, 5) is 30.0. The lowest BCUT2D eigenvalue weighted by Crippen LogP contribution is -2.40. The summed E-state index contributed by atoms with van der Waals surface area (Å²) in [6.45, 7) is 5.46. The van der Waals surface area contributed by atoms with Crippen LogP contribution in [0.15, 0.2) is 17.2 Å². The molecule has 2 aromatic rings. The average Bonchev–Trinajstić information content (AvgIpc) is 2.79. The fourth-order valence-corrected chi connectivity index (χ4v) is 2.52. The van der Waals surface area contributed by atoms with E-state index in [4.69, 9.17) is 5.11 Å². The van der Waals surface area contributed by atoms with Crippen molar-refractivity contribution in [3.8, 4) is 0 Å². The van der Waals surface area contributed by atoms with E-state index < -0.39 is 5.91 Å². The zero-order valence-corrected chi connectivity index (χ0v) is 12.4. The molecule has 6 nitrogen and oxygen atoms in total. The van der Waals surface area contributed by atoms with Crippen LogP contribution in [-0.4, -0.2) is 33.0 Å². The lowest BCUT2D eigenvalue weighted by molar-refractivity contribution is 0.0914. The number of aromatic nitrogens is 2. The molecule has 2 heterocycles. The van der Waals surface area contributed by atoms with Crippen LogP contribution >= 0.6 is 11.3 Å². The van der Waals surface area contributed by atoms with Crippen LogP contribution < -0.4 is 10.9 Å². The first kappa shape index (κ1) is 14.7. The number of aryl methyl sites for hydroxylation is 1. The maximum absolute atomic E-state index is 12.2. The molecule has 0 aliphatic heterocycles.